The molecule has 0 radical (unpaired) electrons. The van der Waals surface area contributed by atoms with E-state index in [1.54, 1.807) is 6.07 Å². The van der Waals surface area contributed by atoms with Gasteiger partial charge in [-0.25, -0.2) is 4.98 Å². The number of halogens is 1. The first kappa shape index (κ1) is 10.9. The van der Waals surface area contributed by atoms with E-state index >= 15 is 0 Å². The number of aryl methyl sites for hydroxylation is 1. The van der Waals surface area contributed by atoms with E-state index < -0.39 is 12.0 Å². The highest BCUT2D eigenvalue weighted by molar-refractivity contribution is 6.29. The summed E-state index contributed by atoms with van der Waals surface area (Å²) in [5.41, 5.74) is 7.26. The van der Waals surface area contributed by atoms with Crippen molar-refractivity contribution in [3.05, 3.63) is 28.5 Å². The summed E-state index contributed by atoms with van der Waals surface area (Å²) in [7, 11) is 0. The zero-order valence-electron chi connectivity index (χ0n) is 7.70. The second-order valence-corrected chi connectivity index (χ2v) is 3.46. The number of hydrogen-bond donors (Lipinski definition) is 2. The molecule has 0 bridgehead atoms. The second-order valence-electron chi connectivity index (χ2n) is 3.07. The van der Waals surface area contributed by atoms with E-state index in [2.05, 4.69) is 4.98 Å². The third-order valence-electron chi connectivity index (χ3n) is 1.91. The molecule has 3 N–H and O–H groups in total. The number of aliphatic carboxylic acids is 1. The molecule has 1 unspecified atom stereocenters. The molecular formula is C9H11ClN2O2. The zero-order valence-corrected chi connectivity index (χ0v) is 8.45. The Bertz CT molecular complexity index is 355. The molecule has 0 aromatic carbocycles. The lowest BCUT2D eigenvalue weighted by atomic mass is 10.0. The molecule has 0 spiro atoms. The van der Waals surface area contributed by atoms with Crippen LogP contribution in [0, 0.1) is 6.92 Å². The van der Waals surface area contributed by atoms with Crippen LogP contribution >= 0.6 is 11.6 Å². The minimum absolute atomic E-state index is 0.107. The van der Waals surface area contributed by atoms with Gasteiger partial charge in [0.25, 0.3) is 0 Å². The fourth-order valence-corrected chi connectivity index (χ4v) is 1.43. The van der Waals surface area contributed by atoms with Crippen LogP contribution in [0.4, 0.5) is 0 Å². The van der Waals surface area contributed by atoms with Crippen LogP contribution in [0.25, 0.3) is 0 Å². The van der Waals surface area contributed by atoms with E-state index in [0.717, 1.165) is 11.1 Å². The fraction of sp³-hybridized carbons (Fsp3) is 0.333. The molecule has 0 fully saturated rings. The van der Waals surface area contributed by atoms with Crippen LogP contribution in [0.15, 0.2) is 12.3 Å². The summed E-state index contributed by atoms with van der Waals surface area (Å²) in [6.45, 7) is 1.82. The SMILES string of the molecule is Cc1cc(Cl)ncc1C(N)CC(=O)O. The van der Waals surface area contributed by atoms with Gasteiger partial charge in [-0.15, -0.1) is 0 Å². The van der Waals surface area contributed by atoms with Gasteiger partial charge in [0.05, 0.1) is 6.42 Å². The average Bonchev–Trinajstić information content (AvgIpc) is 2.01. The lowest BCUT2D eigenvalue weighted by Crippen LogP contribution is -2.16. The van der Waals surface area contributed by atoms with Gasteiger partial charge >= 0.3 is 5.97 Å². The van der Waals surface area contributed by atoms with Crippen molar-refractivity contribution in [1.82, 2.24) is 4.98 Å². The number of nitrogens with zero attached hydrogens (tertiary/aromatic N) is 1. The van der Waals surface area contributed by atoms with E-state index in [9.17, 15) is 4.79 Å². The average molecular weight is 215 g/mol. The Labute approximate surface area is 86.7 Å². The molecule has 0 saturated heterocycles. The standard InChI is InChI=1S/C9H11ClN2O2/c1-5-2-8(10)12-4-6(5)7(11)3-9(13)14/h2,4,7H,3,11H2,1H3,(H,13,14). The number of carboxylic acid groups (broad SMARTS) is 1. The van der Waals surface area contributed by atoms with E-state index in [4.69, 9.17) is 22.4 Å². The Morgan fingerprint density at radius 2 is 2.43 bits per heavy atom. The van der Waals surface area contributed by atoms with Crippen LogP contribution in [0.1, 0.15) is 23.6 Å². The first-order valence-electron chi connectivity index (χ1n) is 4.10. The monoisotopic (exact) mass is 214 g/mol. The van der Waals surface area contributed by atoms with Crippen LogP contribution in [0.2, 0.25) is 5.15 Å². The highest BCUT2D eigenvalue weighted by Gasteiger charge is 2.13. The molecular weight excluding hydrogens is 204 g/mol. The summed E-state index contributed by atoms with van der Waals surface area (Å²) in [6, 6.07) is 1.13. The molecule has 76 valence electrons. The predicted octanol–water partition coefficient (Wildman–Crippen LogP) is 1.52. The Morgan fingerprint density at radius 3 is 2.93 bits per heavy atom. The Kier molecular flexibility index (Phi) is 3.43. The third-order valence-corrected chi connectivity index (χ3v) is 2.12. The van der Waals surface area contributed by atoms with Crippen molar-refractivity contribution in [3.8, 4) is 0 Å². The van der Waals surface area contributed by atoms with Crippen molar-refractivity contribution in [1.29, 1.82) is 0 Å². The summed E-state index contributed by atoms with van der Waals surface area (Å²) in [5, 5.41) is 8.95. The smallest absolute Gasteiger partial charge is 0.305 e. The van der Waals surface area contributed by atoms with E-state index in [1.165, 1.54) is 6.20 Å². The minimum Gasteiger partial charge on any atom is -0.481 e. The van der Waals surface area contributed by atoms with Gasteiger partial charge in [-0.2, -0.15) is 0 Å². The van der Waals surface area contributed by atoms with E-state index in [1.807, 2.05) is 6.92 Å². The largest absolute Gasteiger partial charge is 0.481 e. The maximum absolute atomic E-state index is 10.4. The summed E-state index contributed by atoms with van der Waals surface area (Å²) in [5.74, 6) is -0.924. The predicted molar refractivity (Wildman–Crippen MR) is 53.2 cm³/mol. The Balaban J connectivity index is 2.90. The molecule has 1 heterocycles. The van der Waals surface area contributed by atoms with Crippen molar-refractivity contribution < 1.29 is 9.90 Å². The fourth-order valence-electron chi connectivity index (χ4n) is 1.22. The quantitative estimate of drug-likeness (QED) is 0.748. The molecule has 1 aromatic heterocycles. The topological polar surface area (TPSA) is 76.2 Å². The number of hydrogen-bond acceptors (Lipinski definition) is 3. The van der Waals surface area contributed by atoms with Crippen molar-refractivity contribution in [2.24, 2.45) is 5.73 Å². The highest BCUT2D eigenvalue weighted by atomic mass is 35.5. The molecule has 0 saturated carbocycles. The molecule has 0 aliphatic heterocycles. The summed E-state index contributed by atoms with van der Waals surface area (Å²) < 4.78 is 0. The number of rotatable bonds is 3. The molecule has 4 nitrogen and oxygen atoms in total. The summed E-state index contributed by atoms with van der Waals surface area (Å²) in [6.07, 6.45) is 1.41. The van der Waals surface area contributed by atoms with Gasteiger partial charge in [0, 0.05) is 12.2 Å². The van der Waals surface area contributed by atoms with E-state index in [0.29, 0.717) is 5.15 Å². The summed E-state index contributed by atoms with van der Waals surface area (Å²) >= 11 is 5.66. The minimum atomic E-state index is -0.924. The van der Waals surface area contributed by atoms with Gasteiger partial charge in [0.2, 0.25) is 0 Å². The number of nitrogens with two attached hydrogens (primary N) is 1. The number of aromatic nitrogens is 1. The number of carboxylic acids is 1. The van der Waals surface area contributed by atoms with Crippen LogP contribution in [-0.4, -0.2) is 16.1 Å². The number of carbonyl (C=O) groups is 1. The summed E-state index contributed by atoms with van der Waals surface area (Å²) in [4.78, 5) is 14.3. The van der Waals surface area contributed by atoms with Gasteiger partial charge in [-0.1, -0.05) is 11.6 Å². The maximum atomic E-state index is 10.4. The van der Waals surface area contributed by atoms with Crippen LogP contribution in [0.5, 0.6) is 0 Å². The Hall–Kier alpha value is -1.13. The molecule has 0 aliphatic rings. The molecule has 1 atom stereocenters. The first-order chi connectivity index (χ1) is 6.50. The molecule has 5 heteroatoms. The normalized spacial score (nSPS) is 12.5. The van der Waals surface area contributed by atoms with E-state index in [-0.39, 0.29) is 6.42 Å². The van der Waals surface area contributed by atoms with Crippen molar-refractivity contribution in [3.63, 3.8) is 0 Å². The maximum Gasteiger partial charge on any atom is 0.305 e. The lowest BCUT2D eigenvalue weighted by molar-refractivity contribution is -0.137. The third kappa shape index (κ3) is 2.68. The molecule has 14 heavy (non-hydrogen) atoms. The van der Waals surface area contributed by atoms with Crippen molar-refractivity contribution in [2.75, 3.05) is 0 Å². The molecule has 1 aromatic rings. The van der Waals surface area contributed by atoms with Gasteiger partial charge in [0.15, 0.2) is 0 Å². The van der Waals surface area contributed by atoms with Gasteiger partial charge in [0.1, 0.15) is 5.15 Å². The molecule has 0 amide bonds. The van der Waals surface area contributed by atoms with Gasteiger partial charge in [-0.3, -0.25) is 4.79 Å². The van der Waals surface area contributed by atoms with Gasteiger partial charge < -0.3 is 10.8 Å². The second kappa shape index (κ2) is 4.39. The highest BCUT2D eigenvalue weighted by Crippen LogP contribution is 2.19. The number of pyridine rings is 1. The van der Waals surface area contributed by atoms with Crippen LogP contribution in [-0.2, 0) is 4.79 Å². The van der Waals surface area contributed by atoms with Crippen molar-refractivity contribution in [2.45, 2.75) is 19.4 Å². The van der Waals surface area contributed by atoms with Crippen LogP contribution in [0.3, 0.4) is 0 Å². The van der Waals surface area contributed by atoms with Gasteiger partial charge in [-0.05, 0) is 24.1 Å². The van der Waals surface area contributed by atoms with Crippen LogP contribution < -0.4 is 5.73 Å². The first-order valence-corrected chi connectivity index (χ1v) is 4.48. The molecule has 0 aliphatic carbocycles. The zero-order chi connectivity index (χ0) is 10.7. The lowest BCUT2D eigenvalue weighted by Gasteiger charge is -2.11. The van der Waals surface area contributed by atoms with Crippen molar-refractivity contribution >= 4 is 17.6 Å². The Morgan fingerprint density at radius 1 is 1.79 bits per heavy atom. The molecule has 1 rings (SSSR count).